The van der Waals surface area contributed by atoms with Gasteiger partial charge in [0, 0.05) is 11.0 Å². The molecular weight excluding hydrogens is 260 g/mol. The highest BCUT2D eigenvalue weighted by Crippen LogP contribution is 2.28. The van der Waals surface area contributed by atoms with Gasteiger partial charge in [0.2, 0.25) is 0 Å². The van der Waals surface area contributed by atoms with Crippen molar-refractivity contribution in [2.75, 3.05) is 5.75 Å². The maximum atomic E-state index is 12.1. The summed E-state index contributed by atoms with van der Waals surface area (Å²) in [6.45, 7) is 2.09. The van der Waals surface area contributed by atoms with Crippen molar-refractivity contribution in [3.8, 4) is 0 Å². The van der Waals surface area contributed by atoms with Gasteiger partial charge in [-0.15, -0.1) is 23.1 Å². The predicted octanol–water partition coefficient (Wildman–Crippen LogP) is 4.73. The number of hydrogen-bond acceptors (Lipinski definition) is 3. The fraction of sp³-hybridized carbons (Fsp3) is 0.133. The standard InChI is InChI=1S/C15H14OS2/c1-2-17-15(12-7-4-3-5-8-12)11-13(16)14-9-6-10-18-14/h3-11H,2H2,1H3/b15-11+. The number of thiophene rings is 1. The first-order valence-electron chi connectivity index (χ1n) is 5.79. The van der Waals surface area contributed by atoms with Crippen LogP contribution in [-0.2, 0) is 0 Å². The van der Waals surface area contributed by atoms with Crippen LogP contribution in [0.25, 0.3) is 4.91 Å². The van der Waals surface area contributed by atoms with Crippen LogP contribution in [0, 0.1) is 0 Å². The minimum Gasteiger partial charge on any atom is -0.288 e. The average Bonchev–Trinajstić information content (AvgIpc) is 2.93. The van der Waals surface area contributed by atoms with Gasteiger partial charge in [0.15, 0.2) is 5.78 Å². The van der Waals surface area contributed by atoms with Gasteiger partial charge in [0.25, 0.3) is 0 Å². The van der Waals surface area contributed by atoms with Crippen molar-refractivity contribution in [1.82, 2.24) is 0 Å². The zero-order valence-electron chi connectivity index (χ0n) is 10.1. The van der Waals surface area contributed by atoms with E-state index in [2.05, 4.69) is 6.92 Å². The van der Waals surface area contributed by atoms with Crippen LogP contribution in [0.4, 0.5) is 0 Å². The molecule has 0 amide bonds. The minimum absolute atomic E-state index is 0.0878. The third-order valence-electron chi connectivity index (χ3n) is 2.38. The molecule has 0 aliphatic heterocycles. The summed E-state index contributed by atoms with van der Waals surface area (Å²) in [6.07, 6.45) is 1.75. The molecule has 0 aliphatic rings. The Bertz CT molecular complexity index is 527. The van der Waals surface area contributed by atoms with Crippen molar-refractivity contribution < 1.29 is 4.79 Å². The van der Waals surface area contributed by atoms with Gasteiger partial charge in [-0.2, -0.15) is 0 Å². The topological polar surface area (TPSA) is 17.1 Å². The Balaban J connectivity index is 2.28. The number of ketones is 1. The molecule has 92 valence electrons. The average molecular weight is 274 g/mol. The zero-order valence-corrected chi connectivity index (χ0v) is 11.8. The van der Waals surface area contributed by atoms with E-state index >= 15 is 0 Å². The Morgan fingerprint density at radius 3 is 2.61 bits per heavy atom. The van der Waals surface area contributed by atoms with Crippen LogP contribution < -0.4 is 0 Å². The molecule has 0 N–H and O–H groups in total. The molecule has 0 unspecified atom stereocenters. The minimum atomic E-state index is 0.0878. The molecule has 2 aromatic rings. The summed E-state index contributed by atoms with van der Waals surface area (Å²) < 4.78 is 0. The summed E-state index contributed by atoms with van der Waals surface area (Å²) in [5, 5.41) is 1.93. The largest absolute Gasteiger partial charge is 0.288 e. The van der Waals surface area contributed by atoms with Gasteiger partial charge < -0.3 is 0 Å². The third-order valence-corrected chi connectivity index (χ3v) is 4.22. The molecule has 0 atom stereocenters. The van der Waals surface area contributed by atoms with Crippen molar-refractivity contribution in [2.24, 2.45) is 0 Å². The highest BCUT2D eigenvalue weighted by molar-refractivity contribution is 8.08. The van der Waals surface area contributed by atoms with E-state index in [1.807, 2.05) is 47.8 Å². The van der Waals surface area contributed by atoms with Crippen LogP contribution in [-0.4, -0.2) is 11.5 Å². The molecule has 0 aliphatic carbocycles. The van der Waals surface area contributed by atoms with Gasteiger partial charge in [0.05, 0.1) is 4.88 Å². The second-order valence-corrected chi connectivity index (χ2v) is 5.90. The van der Waals surface area contributed by atoms with Crippen molar-refractivity contribution >= 4 is 33.8 Å². The van der Waals surface area contributed by atoms with Crippen LogP contribution in [0.3, 0.4) is 0 Å². The van der Waals surface area contributed by atoms with Gasteiger partial charge in [-0.1, -0.05) is 43.3 Å². The van der Waals surface area contributed by atoms with E-state index in [1.54, 1.807) is 17.8 Å². The summed E-state index contributed by atoms with van der Waals surface area (Å²) in [7, 11) is 0. The van der Waals surface area contributed by atoms with Crippen LogP contribution in [0.15, 0.2) is 53.9 Å². The molecular formula is C15H14OS2. The van der Waals surface area contributed by atoms with Crippen LogP contribution in [0.1, 0.15) is 22.2 Å². The van der Waals surface area contributed by atoms with E-state index in [4.69, 9.17) is 0 Å². The molecule has 1 heterocycles. The molecule has 0 saturated heterocycles. The van der Waals surface area contributed by atoms with Gasteiger partial charge in [-0.3, -0.25) is 4.79 Å². The molecule has 0 spiro atoms. The Hall–Kier alpha value is -1.32. The Morgan fingerprint density at radius 2 is 2.00 bits per heavy atom. The van der Waals surface area contributed by atoms with Crippen molar-refractivity contribution in [1.29, 1.82) is 0 Å². The molecule has 1 aromatic carbocycles. The van der Waals surface area contributed by atoms with Crippen molar-refractivity contribution in [3.05, 3.63) is 64.4 Å². The SMILES string of the molecule is CCS/C(=C/C(=O)c1cccs1)c1ccccc1. The smallest absolute Gasteiger partial charge is 0.196 e. The number of allylic oxidation sites excluding steroid dienone is 1. The molecule has 0 bridgehead atoms. The fourth-order valence-electron chi connectivity index (χ4n) is 1.58. The lowest BCUT2D eigenvalue weighted by molar-refractivity contribution is 0.105. The summed E-state index contributed by atoms with van der Waals surface area (Å²) >= 11 is 3.18. The van der Waals surface area contributed by atoms with Crippen LogP contribution >= 0.6 is 23.1 Å². The van der Waals surface area contributed by atoms with E-state index < -0.39 is 0 Å². The number of hydrogen-bond donors (Lipinski definition) is 0. The fourth-order valence-corrected chi connectivity index (χ4v) is 3.02. The Kier molecular flexibility index (Phi) is 4.79. The Labute approximate surface area is 116 Å². The number of carbonyl (C=O) groups is 1. The van der Waals surface area contributed by atoms with E-state index in [-0.39, 0.29) is 5.78 Å². The van der Waals surface area contributed by atoms with Crippen molar-refractivity contribution in [2.45, 2.75) is 6.92 Å². The summed E-state index contributed by atoms with van der Waals surface area (Å²) in [6, 6.07) is 13.8. The van der Waals surface area contributed by atoms with Gasteiger partial charge >= 0.3 is 0 Å². The normalized spacial score (nSPS) is 11.5. The molecule has 18 heavy (non-hydrogen) atoms. The molecule has 3 heteroatoms. The van der Waals surface area contributed by atoms with E-state index in [1.165, 1.54) is 11.3 Å². The number of rotatable bonds is 5. The van der Waals surface area contributed by atoms with Crippen LogP contribution in [0.5, 0.6) is 0 Å². The second-order valence-electron chi connectivity index (χ2n) is 3.65. The highest BCUT2D eigenvalue weighted by Gasteiger charge is 2.07. The van der Waals surface area contributed by atoms with Crippen molar-refractivity contribution in [3.63, 3.8) is 0 Å². The van der Waals surface area contributed by atoms with E-state index in [0.717, 1.165) is 21.1 Å². The van der Waals surface area contributed by atoms with Gasteiger partial charge in [0.1, 0.15) is 0 Å². The van der Waals surface area contributed by atoms with Crippen LogP contribution in [0.2, 0.25) is 0 Å². The second kappa shape index (κ2) is 6.57. The quantitative estimate of drug-likeness (QED) is 0.579. The summed E-state index contributed by atoms with van der Waals surface area (Å²) in [4.78, 5) is 13.9. The summed E-state index contributed by atoms with van der Waals surface area (Å²) in [5.41, 5.74) is 1.11. The predicted molar refractivity (Wildman–Crippen MR) is 81.2 cm³/mol. The lowest BCUT2D eigenvalue weighted by atomic mass is 10.2. The van der Waals surface area contributed by atoms with Gasteiger partial charge in [-0.25, -0.2) is 0 Å². The van der Waals surface area contributed by atoms with E-state index in [9.17, 15) is 4.79 Å². The first-order valence-corrected chi connectivity index (χ1v) is 7.65. The molecule has 1 nitrogen and oxygen atoms in total. The molecule has 0 fully saturated rings. The lowest BCUT2D eigenvalue weighted by Gasteiger charge is -2.05. The highest BCUT2D eigenvalue weighted by atomic mass is 32.2. The maximum absolute atomic E-state index is 12.1. The summed E-state index contributed by atoms with van der Waals surface area (Å²) in [5.74, 6) is 1.04. The number of thioether (sulfide) groups is 1. The third kappa shape index (κ3) is 3.34. The number of benzene rings is 1. The monoisotopic (exact) mass is 274 g/mol. The molecule has 0 radical (unpaired) electrons. The first-order chi connectivity index (χ1) is 8.81. The lowest BCUT2D eigenvalue weighted by Crippen LogP contribution is -1.92. The number of carbonyl (C=O) groups excluding carboxylic acids is 1. The zero-order chi connectivity index (χ0) is 12.8. The molecule has 0 saturated carbocycles. The van der Waals surface area contributed by atoms with E-state index in [0.29, 0.717) is 0 Å². The Morgan fingerprint density at radius 1 is 1.22 bits per heavy atom. The molecule has 1 aromatic heterocycles. The van der Waals surface area contributed by atoms with Gasteiger partial charge in [-0.05, 0) is 22.8 Å². The first kappa shape index (κ1) is 13.1. The molecule has 2 rings (SSSR count). The maximum Gasteiger partial charge on any atom is 0.196 e.